The van der Waals surface area contributed by atoms with Gasteiger partial charge in [-0.15, -0.1) is 0 Å². The number of halogens is 1. The monoisotopic (exact) mass is 241 g/mol. The summed E-state index contributed by atoms with van der Waals surface area (Å²) in [6.07, 6.45) is 0. The van der Waals surface area contributed by atoms with E-state index in [0.717, 1.165) is 16.6 Å². The molecule has 90 valence electrons. The number of imidazole rings is 1. The Morgan fingerprint density at radius 3 is 2.78 bits per heavy atom. The van der Waals surface area contributed by atoms with Crippen molar-refractivity contribution in [1.29, 1.82) is 0 Å². The number of fused-ring (bicyclic) bond motifs is 1. The largest absolute Gasteiger partial charge is 0.398 e. The number of nitrogen functional groups attached to an aromatic ring is 1. The number of aromatic amines is 1. The molecule has 0 saturated carbocycles. The molecule has 3 rings (SSSR count). The lowest BCUT2D eigenvalue weighted by atomic mass is 10.1. The van der Waals surface area contributed by atoms with Crippen LogP contribution < -0.4 is 5.73 Å². The highest BCUT2D eigenvalue weighted by Crippen LogP contribution is 2.27. The summed E-state index contributed by atoms with van der Waals surface area (Å²) in [4.78, 5) is 7.62. The van der Waals surface area contributed by atoms with E-state index in [1.807, 2.05) is 31.2 Å². The van der Waals surface area contributed by atoms with Crippen LogP contribution in [-0.4, -0.2) is 9.97 Å². The van der Waals surface area contributed by atoms with Crippen molar-refractivity contribution in [1.82, 2.24) is 9.97 Å². The van der Waals surface area contributed by atoms with E-state index in [9.17, 15) is 4.39 Å². The van der Waals surface area contributed by atoms with Gasteiger partial charge in [-0.2, -0.15) is 0 Å². The third kappa shape index (κ3) is 1.62. The second-order valence-corrected chi connectivity index (χ2v) is 4.27. The lowest BCUT2D eigenvalue weighted by Gasteiger charge is -2.06. The molecule has 1 heterocycles. The maximum atomic E-state index is 13.4. The number of nitrogens with one attached hydrogen (secondary N) is 1. The maximum absolute atomic E-state index is 13.4. The van der Waals surface area contributed by atoms with Crippen LogP contribution in [0.4, 0.5) is 10.1 Å². The number of H-pyrrole nitrogens is 1. The highest BCUT2D eigenvalue weighted by molar-refractivity contribution is 5.80. The second kappa shape index (κ2) is 3.84. The van der Waals surface area contributed by atoms with E-state index in [0.29, 0.717) is 17.1 Å². The summed E-state index contributed by atoms with van der Waals surface area (Å²) >= 11 is 0. The lowest BCUT2D eigenvalue weighted by Crippen LogP contribution is -1.95. The lowest BCUT2D eigenvalue weighted by molar-refractivity contribution is 0.628. The summed E-state index contributed by atoms with van der Waals surface area (Å²) in [5.74, 6) is 0.286. The molecule has 2 aromatic carbocycles. The van der Waals surface area contributed by atoms with Crippen LogP contribution in [0.3, 0.4) is 0 Å². The van der Waals surface area contributed by atoms with E-state index in [1.165, 1.54) is 12.1 Å². The van der Waals surface area contributed by atoms with Gasteiger partial charge in [-0.1, -0.05) is 12.1 Å². The van der Waals surface area contributed by atoms with Crippen LogP contribution in [0, 0.1) is 12.7 Å². The Hall–Kier alpha value is -2.36. The van der Waals surface area contributed by atoms with E-state index in [-0.39, 0.29) is 5.82 Å². The van der Waals surface area contributed by atoms with Crippen molar-refractivity contribution in [3.05, 3.63) is 47.8 Å². The van der Waals surface area contributed by atoms with Gasteiger partial charge in [-0.25, -0.2) is 9.37 Å². The Morgan fingerprint density at radius 1 is 1.22 bits per heavy atom. The zero-order valence-corrected chi connectivity index (χ0v) is 9.87. The molecule has 0 aliphatic rings. The number of anilines is 1. The van der Waals surface area contributed by atoms with E-state index < -0.39 is 0 Å². The average Bonchev–Trinajstić information content (AvgIpc) is 2.77. The fourth-order valence-corrected chi connectivity index (χ4v) is 2.03. The molecule has 0 spiro atoms. The molecule has 3 aromatic rings. The summed E-state index contributed by atoms with van der Waals surface area (Å²) in [6, 6.07) is 10.5. The Balaban J connectivity index is 2.26. The van der Waals surface area contributed by atoms with Crippen molar-refractivity contribution in [2.75, 3.05) is 5.73 Å². The first-order valence-corrected chi connectivity index (χ1v) is 5.66. The van der Waals surface area contributed by atoms with Crippen LogP contribution in [0.2, 0.25) is 0 Å². The van der Waals surface area contributed by atoms with Gasteiger partial charge in [0.05, 0.1) is 11.0 Å². The minimum Gasteiger partial charge on any atom is -0.398 e. The fourth-order valence-electron chi connectivity index (χ4n) is 2.03. The van der Waals surface area contributed by atoms with Gasteiger partial charge in [0.25, 0.3) is 0 Å². The zero-order valence-electron chi connectivity index (χ0n) is 9.87. The predicted molar refractivity (Wildman–Crippen MR) is 70.6 cm³/mol. The molecule has 0 atom stereocenters. The molecule has 0 aliphatic heterocycles. The fraction of sp³-hybridized carbons (Fsp3) is 0.0714. The molecule has 18 heavy (non-hydrogen) atoms. The van der Waals surface area contributed by atoms with Gasteiger partial charge in [-0.05, 0) is 36.8 Å². The number of nitrogens with two attached hydrogens (primary N) is 1. The molecular weight excluding hydrogens is 229 g/mol. The summed E-state index contributed by atoms with van der Waals surface area (Å²) in [5, 5.41) is 0. The van der Waals surface area contributed by atoms with Gasteiger partial charge in [0.1, 0.15) is 11.6 Å². The van der Waals surface area contributed by atoms with Crippen LogP contribution in [0.15, 0.2) is 36.4 Å². The maximum Gasteiger partial charge on any atom is 0.138 e. The number of hydrogen-bond donors (Lipinski definition) is 2. The molecule has 3 nitrogen and oxygen atoms in total. The number of benzene rings is 2. The number of hydrogen-bond acceptors (Lipinski definition) is 2. The van der Waals surface area contributed by atoms with Gasteiger partial charge in [0.15, 0.2) is 0 Å². The quantitative estimate of drug-likeness (QED) is 0.642. The average molecular weight is 241 g/mol. The molecule has 0 bridgehead atoms. The first-order valence-electron chi connectivity index (χ1n) is 5.66. The molecule has 0 aliphatic carbocycles. The highest BCUT2D eigenvalue weighted by atomic mass is 19.1. The van der Waals surface area contributed by atoms with Crippen molar-refractivity contribution < 1.29 is 4.39 Å². The smallest absolute Gasteiger partial charge is 0.138 e. The number of rotatable bonds is 1. The van der Waals surface area contributed by atoms with E-state index in [4.69, 9.17) is 5.73 Å². The molecule has 0 unspecified atom stereocenters. The summed E-state index contributed by atoms with van der Waals surface area (Å²) in [7, 11) is 0. The summed E-state index contributed by atoms with van der Waals surface area (Å²) in [5.41, 5.74) is 9.52. The van der Waals surface area contributed by atoms with Crippen molar-refractivity contribution in [2.24, 2.45) is 0 Å². The molecule has 3 N–H and O–H groups in total. The summed E-state index contributed by atoms with van der Waals surface area (Å²) in [6.45, 7) is 1.86. The van der Waals surface area contributed by atoms with Gasteiger partial charge in [-0.3, -0.25) is 0 Å². The van der Waals surface area contributed by atoms with Crippen LogP contribution in [-0.2, 0) is 0 Å². The molecule has 0 saturated heterocycles. The molecule has 4 heteroatoms. The number of aromatic nitrogens is 2. The SMILES string of the molecule is Cc1c(N)cc(F)cc1-c1nc2ccccc2[nH]1. The van der Waals surface area contributed by atoms with Crippen LogP contribution in [0.1, 0.15) is 5.56 Å². The van der Waals surface area contributed by atoms with Crippen LogP contribution in [0.25, 0.3) is 22.4 Å². The molecule has 0 radical (unpaired) electrons. The highest BCUT2D eigenvalue weighted by Gasteiger charge is 2.11. The van der Waals surface area contributed by atoms with E-state index >= 15 is 0 Å². The van der Waals surface area contributed by atoms with Crippen LogP contribution in [0.5, 0.6) is 0 Å². The van der Waals surface area contributed by atoms with Gasteiger partial charge in [0.2, 0.25) is 0 Å². The minimum absolute atomic E-state index is 0.353. The first kappa shape index (κ1) is 10.8. The second-order valence-electron chi connectivity index (χ2n) is 4.27. The summed E-state index contributed by atoms with van der Waals surface area (Å²) < 4.78 is 13.4. The zero-order chi connectivity index (χ0) is 12.7. The van der Waals surface area contributed by atoms with E-state index in [1.54, 1.807) is 0 Å². The van der Waals surface area contributed by atoms with Gasteiger partial charge in [0, 0.05) is 11.3 Å². The number of nitrogens with zero attached hydrogens (tertiary/aromatic N) is 1. The van der Waals surface area contributed by atoms with Crippen LogP contribution >= 0.6 is 0 Å². The predicted octanol–water partition coefficient (Wildman–Crippen LogP) is 3.26. The Morgan fingerprint density at radius 2 is 2.00 bits per heavy atom. The first-order chi connectivity index (χ1) is 8.65. The van der Waals surface area contributed by atoms with Crippen molar-refractivity contribution in [3.63, 3.8) is 0 Å². The molecule has 0 fully saturated rings. The van der Waals surface area contributed by atoms with Gasteiger partial charge < -0.3 is 10.7 Å². The Bertz CT molecular complexity index is 698. The molecular formula is C14H12FN3. The normalized spacial score (nSPS) is 11.0. The molecule has 0 amide bonds. The molecule has 1 aromatic heterocycles. The van der Waals surface area contributed by atoms with Crippen molar-refractivity contribution in [2.45, 2.75) is 6.92 Å². The minimum atomic E-state index is -0.353. The van der Waals surface area contributed by atoms with E-state index in [2.05, 4.69) is 9.97 Å². The Labute approximate surface area is 103 Å². The van der Waals surface area contributed by atoms with Crippen molar-refractivity contribution >= 4 is 16.7 Å². The van der Waals surface area contributed by atoms with Gasteiger partial charge >= 0.3 is 0 Å². The third-order valence-electron chi connectivity index (χ3n) is 3.06. The van der Waals surface area contributed by atoms with Crippen molar-refractivity contribution in [3.8, 4) is 11.4 Å². The Kier molecular flexibility index (Phi) is 2.30. The standard InChI is InChI=1S/C14H12FN3/c1-8-10(6-9(15)7-11(8)16)14-17-12-4-2-3-5-13(12)18-14/h2-7H,16H2,1H3,(H,17,18). The topological polar surface area (TPSA) is 54.7 Å². The third-order valence-corrected chi connectivity index (χ3v) is 3.06. The number of para-hydroxylation sites is 2.